The number of hydrogen-bond acceptors (Lipinski definition) is 5. The van der Waals surface area contributed by atoms with Crippen LogP contribution in [0.3, 0.4) is 0 Å². The highest BCUT2D eigenvalue weighted by Crippen LogP contribution is 2.21. The molecule has 0 spiro atoms. The number of anilines is 2. The number of aromatic amines is 1. The fourth-order valence-corrected chi connectivity index (χ4v) is 3.05. The van der Waals surface area contributed by atoms with Crippen molar-refractivity contribution in [3.05, 3.63) is 42.5 Å². The van der Waals surface area contributed by atoms with Gasteiger partial charge in [-0.05, 0) is 24.6 Å². The quantitative estimate of drug-likeness (QED) is 0.540. The first-order valence-corrected chi connectivity index (χ1v) is 9.14. The van der Waals surface area contributed by atoms with Gasteiger partial charge in [-0.25, -0.2) is 15.0 Å². The van der Waals surface area contributed by atoms with Crippen LogP contribution in [-0.2, 0) is 6.54 Å². The van der Waals surface area contributed by atoms with Crippen LogP contribution in [0.4, 0.5) is 11.5 Å². The summed E-state index contributed by atoms with van der Waals surface area (Å²) in [5.41, 5.74) is 3.56. The summed E-state index contributed by atoms with van der Waals surface area (Å²) in [5, 5.41) is 3.33. The first-order valence-electron chi connectivity index (χ1n) is 8.07. The van der Waals surface area contributed by atoms with Crippen molar-refractivity contribution in [3.63, 3.8) is 0 Å². The molecule has 9 heteroatoms. The summed E-state index contributed by atoms with van der Waals surface area (Å²) in [6.45, 7) is 3.70. The Balaban J connectivity index is 0.00000243. The van der Waals surface area contributed by atoms with Gasteiger partial charge in [-0.2, -0.15) is 0 Å². The van der Waals surface area contributed by atoms with E-state index in [0.29, 0.717) is 23.2 Å². The van der Waals surface area contributed by atoms with E-state index in [4.69, 9.17) is 23.2 Å². The fraction of sp³-hybridized carbons (Fsp3) is 0.353. The second-order valence-electron chi connectivity index (χ2n) is 5.81. The zero-order chi connectivity index (χ0) is 17.6. The van der Waals surface area contributed by atoms with Crippen molar-refractivity contribution in [2.45, 2.75) is 19.5 Å². The summed E-state index contributed by atoms with van der Waals surface area (Å²) in [5.74, 6) is 1.86. The van der Waals surface area contributed by atoms with Crippen LogP contribution in [0.15, 0.2) is 36.9 Å². The van der Waals surface area contributed by atoms with Gasteiger partial charge in [0, 0.05) is 36.6 Å². The van der Waals surface area contributed by atoms with Crippen LogP contribution < -0.4 is 5.32 Å². The molecule has 1 unspecified atom stereocenters. The molecule has 0 bridgehead atoms. The van der Waals surface area contributed by atoms with Crippen LogP contribution in [0, 0.1) is 0 Å². The van der Waals surface area contributed by atoms with E-state index in [-0.39, 0.29) is 18.4 Å². The van der Waals surface area contributed by atoms with Crippen molar-refractivity contribution in [1.29, 1.82) is 0 Å². The zero-order valence-electron chi connectivity index (χ0n) is 14.3. The molecule has 0 fully saturated rings. The number of halogens is 3. The Kier molecular flexibility index (Phi) is 7.90. The smallest absolute Gasteiger partial charge is 0.182 e. The van der Waals surface area contributed by atoms with Gasteiger partial charge in [-0.1, -0.05) is 12.1 Å². The standard InChI is InChI=1S/C17H20Cl2N6.ClH/c1-12(8-19)25(6-5-18)9-13-3-2-4-14(7-13)24-17-15-16(21-10-20-15)22-11-23-17;/h2-4,7,10-12H,5-6,8-9H2,1H3,(H2,20,21,22,23,24);1H. The zero-order valence-corrected chi connectivity index (χ0v) is 16.7. The van der Waals surface area contributed by atoms with Gasteiger partial charge in [0.25, 0.3) is 0 Å². The van der Waals surface area contributed by atoms with Gasteiger partial charge in [0.1, 0.15) is 11.8 Å². The molecule has 26 heavy (non-hydrogen) atoms. The van der Waals surface area contributed by atoms with Gasteiger partial charge in [0.2, 0.25) is 0 Å². The van der Waals surface area contributed by atoms with E-state index in [1.54, 1.807) is 6.33 Å². The van der Waals surface area contributed by atoms with E-state index >= 15 is 0 Å². The molecule has 3 rings (SSSR count). The number of nitrogens with zero attached hydrogens (tertiary/aromatic N) is 4. The average molecular weight is 416 g/mol. The number of benzene rings is 1. The minimum atomic E-state index is 0. The predicted octanol–water partition coefficient (Wildman–Crippen LogP) is 4.19. The van der Waals surface area contributed by atoms with Gasteiger partial charge in [0.05, 0.1) is 6.33 Å². The van der Waals surface area contributed by atoms with Crippen molar-refractivity contribution in [2.75, 3.05) is 23.6 Å². The molecule has 0 aliphatic rings. The van der Waals surface area contributed by atoms with Crippen LogP contribution in [0.1, 0.15) is 12.5 Å². The van der Waals surface area contributed by atoms with Crippen LogP contribution >= 0.6 is 35.6 Å². The molecular formula is C17H21Cl3N6. The van der Waals surface area contributed by atoms with Crippen molar-refractivity contribution in [1.82, 2.24) is 24.8 Å². The lowest BCUT2D eigenvalue weighted by Crippen LogP contribution is -2.35. The Labute approximate surface area is 168 Å². The van der Waals surface area contributed by atoms with Crippen LogP contribution in [0.2, 0.25) is 0 Å². The van der Waals surface area contributed by atoms with Gasteiger partial charge < -0.3 is 10.3 Å². The van der Waals surface area contributed by atoms with Crippen molar-refractivity contribution in [3.8, 4) is 0 Å². The SMILES string of the molecule is CC(CCl)N(CCCl)Cc1cccc(Nc2ncnc3nc[nH]c23)c1.Cl. The van der Waals surface area contributed by atoms with E-state index in [1.165, 1.54) is 11.9 Å². The van der Waals surface area contributed by atoms with Gasteiger partial charge >= 0.3 is 0 Å². The Morgan fingerprint density at radius 2 is 2.08 bits per heavy atom. The number of alkyl halides is 2. The summed E-state index contributed by atoms with van der Waals surface area (Å²) in [6.07, 6.45) is 3.11. The molecule has 3 aromatic rings. The number of H-pyrrole nitrogens is 1. The van der Waals surface area contributed by atoms with Gasteiger partial charge in [-0.15, -0.1) is 35.6 Å². The third kappa shape index (κ3) is 4.98. The number of hydrogen-bond donors (Lipinski definition) is 2. The molecule has 0 saturated heterocycles. The molecule has 2 heterocycles. The second kappa shape index (κ2) is 9.92. The minimum absolute atomic E-state index is 0. The molecule has 0 radical (unpaired) electrons. The highest BCUT2D eigenvalue weighted by Gasteiger charge is 2.13. The molecule has 6 nitrogen and oxygen atoms in total. The lowest BCUT2D eigenvalue weighted by Gasteiger charge is -2.27. The van der Waals surface area contributed by atoms with E-state index in [1.807, 2.05) is 12.1 Å². The summed E-state index contributed by atoms with van der Waals surface area (Å²) in [7, 11) is 0. The number of nitrogens with one attached hydrogen (secondary N) is 2. The Bertz CT molecular complexity index is 825. The summed E-state index contributed by atoms with van der Waals surface area (Å²) in [6, 6.07) is 8.49. The maximum atomic E-state index is 6.01. The third-order valence-corrected chi connectivity index (χ3v) is 4.63. The van der Waals surface area contributed by atoms with E-state index in [0.717, 1.165) is 24.3 Å². The summed E-state index contributed by atoms with van der Waals surface area (Å²) < 4.78 is 0. The second-order valence-corrected chi connectivity index (χ2v) is 6.50. The number of fused-ring (bicyclic) bond motifs is 1. The number of aromatic nitrogens is 4. The predicted molar refractivity (Wildman–Crippen MR) is 110 cm³/mol. The Hall–Kier alpha value is -1.60. The minimum Gasteiger partial charge on any atom is -0.340 e. The summed E-state index contributed by atoms with van der Waals surface area (Å²) >= 11 is 11.9. The molecule has 1 atom stereocenters. The first kappa shape index (κ1) is 20.7. The highest BCUT2D eigenvalue weighted by molar-refractivity contribution is 6.18. The largest absolute Gasteiger partial charge is 0.340 e. The molecule has 0 aliphatic heterocycles. The molecule has 0 aliphatic carbocycles. The molecule has 2 N–H and O–H groups in total. The van der Waals surface area contributed by atoms with Crippen molar-refractivity contribution in [2.24, 2.45) is 0 Å². The average Bonchev–Trinajstić information content (AvgIpc) is 3.11. The molecule has 0 saturated carbocycles. The molecular weight excluding hydrogens is 395 g/mol. The van der Waals surface area contributed by atoms with E-state index in [9.17, 15) is 0 Å². The van der Waals surface area contributed by atoms with Crippen molar-refractivity contribution >= 4 is 58.3 Å². The summed E-state index contributed by atoms with van der Waals surface area (Å²) in [4.78, 5) is 17.9. The van der Waals surface area contributed by atoms with Crippen LogP contribution in [0.5, 0.6) is 0 Å². The van der Waals surface area contributed by atoms with Gasteiger partial charge in [0.15, 0.2) is 11.5 Å². The lowest BCUT2D eigenvalue weighted by atomic mass is 10.1. The van der Waals surface area contributed by atoms with E-state index < -0.39 is 0 Å². The van der Waals surface area contributed by atoms with Crippen LogP contribution in [0.25, 0.3) is 11.2 Å². The maximum Gasteiger partial charge on any atom is 0.182 e. The monoisotopic (exact) mass is 414 g/mol. The van der Waals surface area contributed by atoms with Crippen LogP contribution in [-0.4, -0.2) is 49.2 Å². The topological polar surface area (TPSA) is 69.7 Å². The molecule has 0 amide bonds. The first-order chi connectivity index (χ1) is 12.2. The molecule has 140 valence electrons. The van der Waals surface area contributed by atoms with Gasteiger partial charge in [-0.3, -0.25) is 4.90 Å². The fourth-order valence-electron chi connectivity index (χ4n) is 2.64. The van der Waals surface area contributed by atoms with Crippen molar-refractivity contribution < 1.29 is 0 Å². The Morgan fingerprint density at radius 3 is 2.85 bits per heavy atom. The molecule has 2 aromatic heterocycles. The third-order valence-electron chi connectivity index (χ3n) is 4.02. The molecule has 1 aromatic carbocycles. The van der Waals surface area contributed by atoms with E-state index in [2.05, 4.69) is 49.2 Å². The Morgan fingerprint density at radius 1 is 1.23 bits per heavy atom. The number of rotatable bonds is 8. The number of imidazole rings is 1. The highest BCUT2D eigenvalue weighted by atomic mass is 35.5. The maximum absolute atomic E-state index is 6.01. The lowest BCUT2D eigenvalue weighted by molar-refractivity contribution is 0.229. The normalized spacial score (nSPS) is 12.2.